The maximum absolute atomic E-state index is 11.9. The Balaban J connectivity index is 2.07. The lowest BCUT2D eigenvalue weighted by atomic mass is 10.1. The number of thiophene rings is 1. The second-order valence-corrected chi connectivity index (χ2v) is 6.22. The van der Waals surface area contributed by atoms with Gasteiger partial charge in [-0.05, 0) is 30.5 Å². The van der Waals surface area contributed by atoms with E-state index in [-0.39, 0.29) is 0 Å². The molecule has 114 valence electrons. The van der Waals surface area contributed by atoms with Crippen LogP contribution in [-0.2, 0) is 4.74 Å². The molecule has 0 saturated carbocycles. The number of benzene rings is 2. The normalized spacial score (nSPS) is 11.2. The van der Waals surface area contributed by atoms with E-state index in [1.165, 1.54) is 4.70 Å². The van der Waals surface area contributed by atoms with Crippen molar-refractivity contribution >= 4 is 54.1 Å². The van der Waals surface area contributed by atoms with Crippen molar-refractivity contribution in [3.63, 3.8) is 0 Å². The average molecular weight is 322 g/mol. The number of rotatable bonds is 2. The largest absolute Gasteiger partial charge is 0.450 e. The number of hydrogen-bond acceptors (Lipinski definition) is 4. The molecule has 4 aromatic rings. The highest BCUT2D eigenvalue weighted by Gasteiger charge is 2.15. The number of amides is 1. The summed E-state index contributed by atoms with van der Waals surface area (Å²) in [5.41, 5.74) is 0.773. The fourth-order valence-electron chi connectivity index (χ4n) is 2.83. The zero-order valence-electron chi connectivity index (χ0n) is 12.5. The summed E-state index contributed by atoms with van der Waals surface area (Å²) in [5, 5.41) is 7.19. The monoisotopic (exact) mass is 322 g/mol. The molecule has 0 unspecified atom stereocenters. The Morgan fingerprint density at radius 3 is 3.00 bits per heavy atom. The molecule has 2 aromatic carbocycles. The first kappa shape index (κ1) is 14.0. The maximum atomic E-state index is 11.9. The summed E-state index contributed by atoms with van der Waals surface area (Å²) in [6.07, 6.45) is 3.20. The van der Waals surface area contributed by atoms with Crippen LogP contribution in [-0.4, -0.2) is 17.7 Å². The van der Waals surface area contributed by atoms with Gasteiger partial charge in [0.2, 0.25) is 0 Å². The fraction of sp³-hybridized carbons (Fsp3) is 0.111. The van der Waals surface area contributed by atoms with E-state index in [0.717, 1.165) is 31.9 Å². The van der Waals surface area contributed by atoms with Crippen LogP contribution < -0.4 is 5.32 Å². The summed E-state index contributed by atoms with van der Waals surface area (Å²) in [7, 11) is 0. The van der Waals surface area contributed by atoms with E-state index >= 15 is 0 Å². The zero-order valence-corrected chi connectivity index (χ0v) is 13.3. The molecule has 5 heteroatoms. The molecule has 1 N–H and O–H groups in total. The van der Waals surface area contributed by atoms with Crippen molar-refractivity contribution in [2.24, 2.45) is 0 Å². The summed E-state index contributed by atoms with van der Waals surface area (Å²) in [6.45, 7) is 2.14. The van der Waals surface area contributed by atoms with Crippen molar-refractivity contribution in [2.45, 2.75) is 6.92 Å². The second kappa shape index (κ2) is 5.52. The molecule has 4 rings (SSSR count). The van der Waals surface area contributed by atoms with Crippen LogP contribution in [0.25, 0.3) is 30.9 Å². The highest BCUT2D eigenvalue weighted by Crippen LogP contribution is 2.42. The van der Waals surface area contributed by atoms with Crippen LogP contribution in [0.2, 0.25) is 0 Å². The molecule has 0 aliphatic carbocycles. The van der Waals surface area contributed by atoms with E-state index in [9.17, 15) is 4.79 Å². The highest BCUT2D eigenvalue weighted by atomic mass is 32.1. The Kier molecular flexibility index (Phi) is 3.35. The van der Waals surface area contributed by atoms with E-state index in [0.29, 0.717) is 6.61 Å². The molecule has 0 aliphatic heterocycles. The van der Waals surface area contributed by atoms with Gasteiger partial charge in [0.25, 0.3) is 0 Å². The smallest absolute Gasteiger partial charge is 0.411 e. The SMILES string of the molecule is CCOC(=O)Nc1cc2ccncc2c2sc3ccccc3c12. The minimum absolute atomic E-state index is 0.344. The number of anilines is 1. The Bertz CT molecular complexity index is 1040. The third-order valence-electron chi connectivity index (χ3n) is 3.78. The molecule has 2 heterocycles. The summed E-state index contributed by atoms with van der Waals surface area (Å²) < 4.78 is 7.35. The van der Waals surface area contributed by atoms with Gasteiger partial charge in [0.05, 0.1) is 12.3 Å². The van der Waals surface area contributed by atoms with Gasteiger partial charge in [-0.1, -0.05) is 18.2 Å². The Hall–Kier alpha value is -2.66. The van der Waals surface area contributed by atoms with Gasteiger partial charge >= 0.3 is 6.09 Å². The van der Waals surface area contributed by atoms with Crippen LogP contribution in [0, 0.1) is 0 Å². The number of nitrogens with zero attached hydrogens (tertiary/aromatic N) is 1. The van der Waals surface area contributed by atoms with E-state index < -0.39 is 6.09 Å². The van der Waals surface area contributed by atoms with Crippen molar-refractivity contribution in [1.29, 1.82) is 0 Å². The molecule has 1 amide bonds. The van der Waals surface area contributed by atoms with Gasteiger partial charge in [0.15, 0.2) is 0 Å². The van der Waals surface area contributed by atoms with Crippen molar-refractivity contribution in [3.8, 4) is 0 Å². The zero-order chi connectivity index (χ0) is 15.8. The summed E-state index contributed by atoms with van der Waals surface area (Å²) >= 11 is 1.71. The first-order valence-electron chi connectivity index (χ1n) is 7.39. The summed E-state index contributed by atoms with van der Waals surface area (Å²) in [4.78, 5) is 16.2. The summed E-state index contributed by atoms with van der Waals surface area (Å²) in [6, 6.07) is 12.1. The molecule has 0 bridgehead atoms. The number of nitrogens with one attached hydrogen (secondary N) is 1. The Morgan fingerprint density at radius 2 is 2.13 bits per heavy atom. The van der Waals surface area contributed by atoms with E-state index in [4.69, 9.17) is 4.74 Å². The van der Waals surface area contributed by atoms with E-state index in [1.54, 1.807) is 24.5 Å². The second-order valence-electron chi connectivity index (χ2n) is 5.17. The van der Waals surface area contributed by atoms with Crippen LogP contribution in [0.15, 0.2) is 48.8 Å². The van der Waals surface area contributed by atoms with Gasteiger partial charge in [-0.2, -0.15) is 0 Å². The standard InChI is InChI=1S/C18H14N2O2S/c1-2-22-18(21)20-14-9-11-7-8-19-10-13(11)17-16(14)12-5-3-4-6-15(12)23-17/h3-10H,2H2,1H3,(H,20,21). The lowest BCUT2D eigenvalue weighted by molar-refractivity contribution is 0.168. The molecule has 4 nitrogen and oxygen atoms in total. The summed E-state index contributed by atoms with van der Waals surface area (Å²) in [5.74, 6) is 0. The maximum Gasteiger partial charge on any atom is 0.411 e. The molecule has 0 fully saturated rings. The number of carbonyl (C=O) groups is 1. The molecule has 0 spiro atoms. The quantitative estimate of drug-likeness (QED) is 0.554. The lowest BCUT2D eigenvalue weighted by Gasteiger charge is -2.09. The van der Waals surface area contributed by atoms with Crippen molar-refractivity contribution in [1.82, 2.24) is 4.98 Å². The van der Waals surface area contributed by atoms with Crippen molar-refractivity contribution in [2.75, 3.05) is 11.9 Å². The predicted molar refractivity (Wildman–Crippen MR) is 95.3 cm³/mol. The number of fused-ring (bicyclic) bond motifs is 5. The first-order chi connectivity index (χ1) is 11.3. The molecule has 0 saturated heterocycles. The topological polar surface area (TPSA) is 51.2 Å². The van der Waals surface area contributed by atoms with Gasteiger partial charge in [0.1, 0.15) is 0 Å². The van der Waals surface area contributed by atoms with E-state index in [2.05, 4.69) is 22.4 Å². The van der Waals surface area contributed by atoms with Gasteiger partial charge in [-0.25, -0.2) is 4.79 Å². The van der Waals surface area contributed by atoms with Crippen molar-refractivity contribution in [3.05, 3.63) is 48.8 Å². The molecule has 0 aliphatic rings. The number of carbonyl (C=O) groups excluding carboxylic acids is 1. The fourth-order valence-corrected chi connectivity index (χ4v) is 4.08. The van der Waals surface area contributed by atoms with Gasteiger partial charge < -0.3 is 4.74 Å². The number of pyridine rings is 1. The number of aromatic nitrogens is 1. The molecule has 23 heavy (non-hydrogen) atoms. The molecule has 0 atom stereocenters. The van der Waals surface area contributed by atoms with Gasteiger partial charge in [0, 0.05) is 38.0 Å². The first-order valence-corrected chi connectivity index (χ1v) is 8.21. The molecule has 2 aromatic heterocycles. The Morgan fingerprint density at radius 1 is 1.26 bits per heavy atom. The Labute approximate surface area is 136 Å². The molecule has 0 radical (unpaired) electrons. The number of hydrogen-bond donors (Lipinski definition) is 1. The van der Waals surface area contributed by atoms with Crippen LogP contribution in [0.1, 0.15) is 6.92 Å². The van der Waals surface area contributed by atoms with Gasteiger partial charge in [-0.3, -0.25) is 10.3 Å². The predicted octanol–water partition coefficient (Wildman–Crippen LogP) is 5.17. The van der Waals surface area contributed by atoms with E-state index in [1.807, 2.05) is 30.5 Å². The minimum Gasteiger partial charge on any atom is -0.450 e. The van der Waals surface area contributed by atoms with Crippen LogP contribution in [0.4, 0.5) is 10.5 Å². The average Bonchev–Trinajstić information content (AvgIpc) is 2.95. The highest BCUT2D eigenvalue weighted by molar-refractivity contribution is 7.26. The molecular formula is C18H14N2O2S. The lowest BCUT2D eigenvalue weighted by Crippen LogP contribution is -2.13. The third-order valence-corrected chi connectivity index (χ3v) is 4.98. The number of ether oxygens (including phenoxy) is 1. The minimum atomic E-state index is -0.433. The third kappa shape index (κ3) is 2.29. The van der Waals surface area contributed by atoms with Crippen molar-refractivity contribution < 1.29 is 9.53 Å². The van der Waals surface area contributed by atoms with Crippen LogP contribution in [0.5, 0.6) is 0 Å². The van der Waals surface area contributed by atoms with Crippen LogP contribution >= 0.6 is 11.3 Å². The van der Waals surface area contributed by atoms with Crippen LogP contribution in [0.3, 0.4) is 0 Å². The van der Waals surface area contributed by atoms with Gasteiger partial charge in [-0.15, -0.1) is 11.3 Å². The molecular weight excluding hydrogens is 308 g/mol.